The topological polar surface area (TPSA) is 64.4 Å². The molecule has 2 heterocycles. The fourth-order valence-electron chi connectivity index (χ4n) is 3.16. The van der Waals surface area contributed by atoms with Crippen molar-refractivity contribution in [1.82, 2.24) is 9.55 Å². The van der Waals surface area contributed by atoms with Gasteiger partial charge < -0.3 is 9.30 Å². The van der Waals surface area contributed by atoms with Gasteiger partial charge in [-0.3, -0.25) is 9.10 Å². The van der Waals surface area contributed by atoms with E-state index >= 15 is 0 Å². The maximum absolute atomic E-state index is 13.1. The van der Waals surface area contributed by atoms with E-state index < -0.39 is 11.0 Å². The molecule has 7 heteroatoms. The smallest absolute Gasteiger partial charge is 0.307 e. The molecular formula is C19H17N3O3S. The number of carbonyl (C=O) groups excluding carboxylic acids is 1. The van der Waals surface area contributed by atoms with Gasteiger partial charge in [0.2, 0.25) is 0 Å². The number of aromatic nitrogens is 2. The summed E-state index contributed by atoms with van der Waals surface area (Å²) in [6.45, 7) is 0. The Balaban J connectivity index is 1.71. The second-order valence-electron chi connectivity index (χ2n) is 5.90. The molecule has 0 aliphatic carbocycles. The van der Waals surface area contributed by atoms with E-state index in [9.17, 15) is 9.00 Å². The lowest BCUT2D eigenvalue weighted by atomic mass is 10.0. The monoisotopic (exact) mass is 367 g/mol. The molecule has 0 saturated heterocycles. The van der Waals surface area contributed by atoms with Gasteiger partial charge in [0.05, 0.1) is 36.5 Å². The Kier molecular flexibility index (Phi) is 4.30. The number of carbonyl (C=O) groups is 1. The zero-order chi connectivity index (χ0) is 18.1. The molecular weight excluding hydrogens is 350 g/mol. The van der Waals surface area contributed by atoms with Crippen LogP contribution in [0.4, 0.5) is 5.69 Å². The maximum Gasteiger partial charge on any atom is 0.307 e. The third kappa shape index (κ3) is 2.80. The fourth-order valence-corrected chi connectivity index (χ4v) is 4.70. The van der Waals surface area contributed by atoms with Crippen molar-refractivity contribution in [2.24, 2.45) is 0 Å². The number of hydrogen-bond donors (Lipinski definition) is 0. The van der Waals surface area contributed by atoms with Gasteiger partial charge in [-0.15, -0.1) is 0 Å². The van der Waals surface area contributed by atoms with E-state index in [0.29, 0.717) is 0 Å². The summed E-state index contributed by atoms with van der Waals surface area (Å²) in [5, 5.41) is 0. The van der Waals surface area contributed by atoms with Crippen LogP contribution in [0.15, 0.2) is 72.1 Å². The second kappa shape index (κ2) is 6.76. The Labute approximate surface area is 153 Å². The Bertz CT molecular complexity index is 954. The molecule has 0 fully saturated rings. The average molecular weight is 367 g/mol. The van der Waals surface area contributed by atoms with Gasteiger partial charge in [0, 0.05) is 18.1 Å². The Morgan fingerprint density at radius 1 is 1.15 bits per heavy atom. The van der Waals surface area contributed by atoms with E-state index in [1.807, 2.05) is 59.3 Å². The van der Waals surface area contributed by atoms with Gasteiger partial charge in [0.25, 0.3) is 0 Å². The van der Waals surface area contributed by atoms with Crippen LogP contribution >= 0.6 is 0 Å². The van der Waals surface area contributed by atoms with Crippen molar-refractivity contribution >= 4 is 22.6 Å². The van der Waals surface area contributed by atoms with E-state index in [1.165, 1.54) is 7.11 Å². The van der Waals surface area contributed by atoms with Crippen molar-refractivity contribution in [3.05, 3.63) is 72.8 Å². The summed E-state index contributed by atoms with van der Waals surface area (Å²) in [4.78, 5) is 16.7. The van der Waals surface area contributed by atoms with Crippen LogP contribution in [-0.4, -0.2) is 26.8 Å². The minimum absolute atomic E-state index is 0.141. The molecule has 2 unspecified atom stereocenters. The molecule has 0 spiro atoms. The van der Waals surface area contributed by atoms with Crippen molar-refractivity contribution in [2.45, 2.75) is 17.4 Å². The first-order chi connectivity index (χ1) is 12.7. The molecule has 4 rings (SSSR count). The van der Waals surface area contributed by atoms with Crippen molar-refractivity contribution in [2.75, 3.05) is 11.4 Å². The summed E-state index contributed by atoms with van der Waals surface area (Å²) in [5.74, 6) is -0.330. The van der Waals surface area contributed by atoms with Gasteiger partial charge in [0.1, 0.15) is 0 Å². The molecule has 0 bridgehead atoms. The summed E-state index contributed by atoms with van der Waals surface area (Å²) in [7, 11) is -0.00646. The lowest BCUT2D eigenvalue weighted by molar-refractivity contribution is -0.141. The minimum Gasteiger partial charge on any atom is -0.469 e. The summed E-state index contributed by atoms with van der Waals surface area (Å²) in [5.41, 5.74) is 2.64. The first kappa shape index (κ1) is 16.5. The molecule has 2 aromatic carbocycles. The van der Waals surface area contributed by atoms with Gasteiger partial charge in [-0.2, -0.15) is 0 Å². The Morgan fingerprint density at radius 3 is 2.58 bits per heavy atom. The van der Waals surface area contributed by atoms with Crippen LogP contribution in [0.2, 0.25) is 0 Å². The van der Waals surface area contributed by atoms with Crippen LogP contribution in [0, 0.1) is 0 Å². The highest BCUT2D eigenvalue weighted by atomic mass is 32.2. The van der Waals surface area contributed by atoms with Gasteiger partial charge in [-0.25, -0.2) is 9.19 Å². The number of fused-ring (bicyclic) bond motifs is 1. The normalized spacial score (nSPS) is 18.6. The predicted molar refractivity (Wildman–Crippen MR) is 98.3 cm³/mol. The molecule has 0 N–H and O–H groups in total. The minimum atomic E-state index is -1.37. The molecule has 1 aromatic heterocycles. The van der Waals surface area contributed by atoms with Gasteiger partial charge in [0.15, 0.2) is 11.0 Å². The number of anilines is 1. The Morgan fingerprint density at radius 2 is 1.88 bits per heavy atom. The van der Waals surface area contributed by atoms with Gasteiger partial charge >= 0.3 is 5.97 Å². The number of hydrogen-bond acceptors (Lipinski definition) is 4. The SMILES string of the molecule is COC(=O)CC1c2ccccc2S(=O)N1c1ccc(-n2ccnc2)cc1. The van der Waals surface area contributed by atoms with E-state index in [1.54, 1.807) is 16.8 Å². The van der Waals surface area contributed by atoms with Crippen molar-refractivity contribution in [3.63, 3.8) is 0 Å². The highest BCUT2D eigenvalue weighted by Gasteiger charge is 2.38. The molecule has 0 saturated carbocycles. The lowest BCUT2D eigenvalue weighted by Crippen LogP contribution is -2.26. The summed E-state index contributed by atoms with van der Waals surface area (Å²) in [6, 6.07) is 14.9. The molecule has 0 radical (unpaired) electrons. The maximum atomic E-state index is 13.1. The molecule has 0 amide bonds. The third-order valence-corrected chi connectivity index (χ3v) is 5.99. The number of benzene rings is 2. The molecule has 2 atom stereocenters. The lowest BCUT2D eigenvalue weighted by Gasteiger charge is -2.25. The van der Waals surface area contributed by atoms with Crippen LogP contribution in [0.5, 0.6) is 0 Å². The number of methoxy groups -OCH3 is 1. The summed E-state index contributed by atoms with van der Waals surface area (Å²) < 4.78 is 21.6. The zero-order valence-corrected chi connectivity index (χ0v) is 14.9. The number of imidazole rings is 1. The van der Waals surface area contributed by atoms with Crippen LogP contribution in [-0.2, 0) is 20.5 Å². The van der Waals surface area contributed by atoms with E-state index in [0.717, 1.165) is 21.8 Å². The van der Waals surface area contributed by atoms with E-state index in [2.05, 4.69) is 4.98 Å². The van der Waals surface area contributed by atoms with Crippen LogP contribution in [0.1, 0.15) is 18.0 Å². The molecule has 26 heavy (non-hydrogen) atoms. The van der Waals surface area contributed by atoms with Crippen molar-refractivity contribution in [3.8, 4) is 5.69 Å². The Hall–Kier alpha value is -2.93. The number of ether oxygens (including phenoxy) is 1. The first-order valence-electron chi connectivity index (χ1n) is 8.14. The number of nitrogens with zero attached hydrogens (tertiary/aromatic N) is 3. The zero-order valence-electron chi connectivity index (χ0n) is 14.1. The quantitative estimate of drug-likeness (QED) is 0.665. The molecule has 6 nitrogen and oxygen atoms in total. The van der Waals surface area contributed by atoms with E-state index in [-0.39, 0.29) is 18.4 Å². The molecule has 3 aromatic rings. The molecule has 1 aliphatic rings. The molecule has 132 valence electrons. The third-order valence-electron chi connectivity index (χ3n) is 4.42. The highest BCUT2D eigenvalue weighted by Crippen LogP contribution is 2.42. The molecule has 1 aliphatic heterocycles. The van der Waals surface area contributed by atoms with Gasteiger partial charge in [-0.05, 0) is 35.9 Å². The van der Waals surface area contributed by atoms with E-state index in [4.69, 9.17) is 4.74 Å². The van der Waals surface area contributed by atoms with Crippen molar-refractivity contribution < 1.29 is 13.7 Å². The van der Waals surface area contributed by atoms with Crippen molar-refractivity contribution in [1.29, 1.82) is 0 Å². The average Bonchev–Trinajstić information content (AvgIpc) is 3.30. The van der Waals surface area contributed by atoms with Crippen LogP contribution in [0.25, 0.3) is 5.69 Å². The number of esters is 1. The largest absolute Gasteiger partial charge is 0.469 e. The van der Waals surface area contributed by atoms with Crippen LogP contribution in [0.3, 0.4) is 0 Å². The summed E-state index contributed by atoms with van der Waals surface area (Å²) in [6.07, 6.45) is 5.44. The first-order valence-corrected chi connectivity index (χ1v) is 9.25. The second-order valence-corrected chi connectivity index (χ2v) is 7.23. The van der Waals surface area contributed by atoms with Crippen LogP contribution < -0.4 is 4.31 Å². The predicted octanol–water partition coefficient (Wildman–Crippen LogP) is 3.02. The standard InChI is InChI=1S/C19H17N3O3S/c1-25-19(23)12-17-16-4-2-3-5-18(16)26(24)22(17)15-8-6-14(7-9-15)21-11-10-20-13-21/h2-11,13,17H,12H2,1H3. The number of rotatable bonds is 4. The highest BCUT2D eigenvalue weighted by molar-refractivity contribution is 7.87. The fraction of sp³-hybridized carbons (Fsp3) is 0.158. The summed E-state index contributed by atoms with van der Waals surface area (Å²) >= 11 is 0. The van der Waals surface area contributed by atoms with Gasteiger partial charge in [-0.1, -0.05) is 18.2 Å².